The Morgan fingerprint density at radius 2 is 2.15 bits per heavy atom. The summed E-state index contributed by atoms with van der Waals surface area (Å²) in [6.45, 7) is 0. The molecule has 0 heterocycles. The molecule has 0 aliphatic rings. The van der Waals surface area contributed by atoms with Gasteiger partial charge in [-0.25, -0.2) is 4.79 Å². The number of carboxylic acids is 1. The largest absolute Gasteiger partial charge is 0.504 e. The Balaban J connectivity index is 3.03. The molecule has 0 saturated heterocycles. The smallest absolute Gasteiger partial charge is 0.335 e. The van der Waals surface area contributed by atoms with Gasteiger partial charge in [-0.1, -0.05) is 0 Å². The van der Waals surface area contributed by atoms with Crippen molar-refractivity contribution in [3.05, 3.63) is 23.8 Å². The van der Waals surface area contributed by atoms with E-state index in [1.165, 1.54) is 25.3 Å². The molecule has 0 atom stereocenters. The van der Waals surface area contributed by atoms with Crippen molar-refractivity contribution in [2.75, 3.05) is 7.11 Å². The lowest BCUT2D eigenvalue weighted by atomic mass is 10.2. The third kappa shape index (κ3) is 2.09. The van der Waals surface area contributed by atoms with Crippen molar-refractivity contribution in [1.82, 2.24) is 0 Å². The first-order chi connectivity index (χ1) is 6.15. The van der Waals surface area contributed by atoms with Gasteiger partial charge in [0.05, 0.1) is 12.7 Å². The summed E-state index contributed by atoms with van der Waals surface area (Å²) >= 11 is 0. The summed E-state index contributed by atoms with van der Waals surface area (Å²) < 4.78 is 0. The average molecular weight is 184 g/mol. The fraction of sp³-hybridized carbons (Fsp3) is 0.125. The molecule has 13 heavy (non-hydrogen) atoms. The average Bonchev–Trinajstić information content (AvgIpc) is 2.08. The first-order valence-corrected chi connectivity index (χ1v) is 3.42. The lowest BCUT2D eigenvalue weighted by molar-refractivity contribution is -0.179. The van der Waals surface area contributed by atoms with E-state index < -0.39 is 5.97 Å². The van der Waals surface area contributed by atoms with Crippen LogP contribution in [0.1, 0.15) is 10.4 Å². The SMILES string of the molecule is COOc1cc(C(=O)O)ccc1O. The lowest BCUT2D eigenvalue weighted by Gasteiger charge is -2.03. The monoisotopic (exact) mass is 184 g/mol. The quantitative estimate of drug-likeness (QED) is 0.542. The molecule has 0 spiro atoms. The molecular weight excluding hydrogens is 176 g/mol. The van der Waals surface area contributed by atoms with E-state index in [0.717, 1.165) is 0 Å². The summed E-state index contributed by atoms with van der Waals surface area (Å²) in [4.78, 5) is 19.3. The summed E-state index contributed by atoms with van der Waals surface area (Å²) in [5, 5.41) is 17.7. The van der Waals surface area contributed by atoms with Gasteiger partial charge < -0.3 is 15.1 Å². The summed E-state index contributed by atoms with van der Waals surface area (Å²) in [7, 11) is 1.26. The minimum Gasteiger partial charge on any atom is -0.504 e. The third-order valence-corrected chi connectivity index (χ3v) is 1.38. The number of hydrogen-bond donors (Lipinski definition) is 2. The molecule has 0 radical (unpaired) electrons. The third-order valence-electron chi connectivity index (χ3n) is 1.38. The normalized spacial score (nSPS) is 9.62. The second-order valence-electron chi connectivity index (χ2n) is 2.24. The Hall–Kier alpha value is -1.75. The van der Waals surface area contributed by atoms with Gasteiger partial charge >= 0.3 is 5.97 Å². The van der Waals surface area contributed by atoms with E-state index in [2.05, 4.69) is 9.78 Å². The number of aromatic hydroxyl groups is 1. The molecule has 2 N–H and O–H groups in total. The van der Waals surface area contributed by atoms with Crippen LogP contribution in [0.4, 0.5) is 0 Å². The van der Waals surface area contributed by atoms with E-state index in [9.17, 15) is 4.79 Å². The molecule has 0 fully saturated rings. The van der Waals surface area contributed by atoms with Crippen molar-refractivity contribution in [2.24, 2.45) is 0 Å². The van der Waals surface area contributed by atoms with Crippen molar-refractivity contribution >= 4 is 5.97 Å². The zero-order valence-electron chi connectivity index (χ0n) is 6.85. The van der Waals surface area contributed by atoms with Crippen LogP contribution in [0.2, 0.25) is 0 Å². The number of benzene rings is 1. The second-order valence-corrected chi connectivity index (χ2v) is 2.24. The van der Waals surface area contributed by atoms with Crippen molar-refractivity contribution in [3.8, 4) is 11.5 Å². The van der Waals surface area contributed by atoms with Crippen molar-refractivity contribution in [3.63, 3.8) is 0 Å². The van der Waals surface area contributed by atoms with E-state index in [-0.39, 0.29) is 17.1 Å². The van der Waals surface area contributed by atoms with Gasteiger partial charge in [0.2, 0.25) is 5.75 Å². The highest BCUT2D eigenvalue weighted by atomic mass is 17.2. The summed E-state index contributed by atoms with van der Waals surface area (Å²) in [5.74, 6) is -1.30. The Kier molecular flexibility index (Phi) is 2.71. The van der Waals surface area contributed by atoms with Crippen LogP contribution in [0.25, 0.3) is 0 Å². The molecule has 0 unspecified atom stereocenters. The fourth-order valence-electron chi connectivity index (χ4n) is 0.804. The summed E-state index contributed by atoms with van der Waals surface area (Å²) in [6.07, 6.45) is 0. The van der Waals surface area contributed by atoms with Crippen LogP contribution < -0.4 is 4.89 Å². The van der Waals surface area contributed by atoms with Gasteiger partial charge in [0.15, 0.2) is 5.75 Å². The molecule has 0 aliphatic heterocycles. The van der Waals surface area contributed by atoms with Gasteiger partial charge in [0, 0.05) is 6.07 Å². The van der Waals surface area contributed by atoms with Crippen LogP contribution in [-0.2, 0) is 4.89 Å². The van der Waals surface area contributed by atoms with Crippen molar-refractivity contribution in [1.29, 1.82) is 0 Å². The van der Waals surface area contributed by atoms with Crippen molar-refractivity contribution in [2.45, 2.75) is 0 Å². The molecule has 5 heteroatoms. The number of phenols is 1. The van der Waals surface area contributed by atoms with E-state index in [1.54, 1.807) is 0 Å². The number of carboxylic acid groups (broad SMARTS) is 1. The Morgan fingerprint density at radius 3 is 2.69 bits per heavy atom. The van der Waals surface area contributed by atoms with E-state index in [0.29, 0.717) is 0 Å². The van der Waals surface area contributed by atoms with Gasteiger partial charge in [-0.15, -0.1) is 0 Å². The first-order valence-electron chi connectivity index (χ1n) is 3.42. The van der Waals surface area contributed by atoms with E-state index in [1.807, 2.05) is 0 Å². The van der Waals surface area contributed by atoms with Crippen LogP contribution in [0.3, 0.4) is 0 Å². The van der Waals surface area contributed by atoms with Crippen molar-refractivity contribution < 1.29 is 24.8 Å². The van der Waals surface area contributed by atoms with Gasteiger partial charge in [0.25, 0.3) is 0 Å². The Labute approximate surface area is 74.1 Å². The second kappa shape index (κ2) is 3.77. The predicted octanol–water partition coefficient (Wildman–Crippen LogP) is 1.03. The molecular formula is C8H8O5. The van der Waals surface area contributed by atoms with Crippen LogP contribution in [-0.4, -0.2) is 23.3 Å². The van der Waals surface area contributed by atoms with Gasteiger partial charge in [0.1, 0.15) is 0 Å². The molecule has 1 rings (SSSR count). The van der Waals surface area contributed by atoms with Gasteiger partial charge in [-0.2, -0.15) is 4.89 Å². The van der Waals surface area contributed by atoms with Crippen LogP contribution in [0.15, 0.2) is 18.2 Å². The molecule has 1 aromatic rings. The fourth-order valence-corrected chi connectivity index (χ4v) is 0.804. The van der Waals surface area contributed by atoms with Crippen LogP contribution in [0.5, 0.6) is 11.5 Å². The molecule has 0 aliphatic carbocycles. The molecule has 0 aromatic heterocycles. The van der Waals surface area contributed by atoms with Gasteiger partial charge in [-0.3, -0.25) is 0 Å². The highest BCUT2D eigenvalue weighted by Crippen LogP contribution is 2.26. The topological polar surface area (TPSA) is 76.0 Å². The maximum atomic E-state index is 10.5. The zero-order chi connectivity index (χ0) is 9.84. The minimum absolute atomic E-state index is 0.0184. The maximum Gasteiger partial charge on any atom is 0.335 e. The number of rotatable bonds is 3. The molecule has 0 bridgehead atoms. The highest BCUT2D eigenvalue weighted by Gasteiger charge is 2.08. The Morgan fingerprint density at radius 1 is 1.46 bits per heavy atom. The number of hydrogen-bond acceptors (Lipinski definition) is 4. The summed E-state index contributed by atoms with van der Waals surface area (Å²) in [5.41, 5.74) is 0.0184. The van der Waals surface area contributed by atoms with Crippen LogP contribution in [0, 0.1) is 0 Å². The molecule has 70 valence electrons. The number of carbonyl (C=O) groups is 1. The van der Waals surface area contributed by atoms with E-state index >= 15 is 0 Å². The summed E-state index contributed by atoms with van der Waals surface area (Å²) in [6, 6.07) is 3.65. The standard InChI is InChI=1S/C8H8O5/c1-12-13-7-4-5(8(10)11)2-3-6(7)9/h2-4,9H,1H3,(H,10,11). The Bertz CT molecular complexity index is 320. The molecule has 5 nitrogen and oxygen atoms in total. The van der Waals surface area contributed by atoms with Gasteiger partial charge in [-0.05, 0) is 12.1 Å². The lowest BCUT2D eigenvalue weighted by Crippen LogP contribution is -1.98. The zero-order valence-corrected chi connectivity index (χ0v) is 6.85. The molecule has 0 saturated carbocycles. The van der Waals surface area contributed by atoms with E-state index in [4.69, 9.17) is 10.2 Å². The first kappa shape index (κ1) is 9.34. The maximum absolute atomic E-state index is 10.5. The molecule has 0 amide bonds. The highest BCUT2D eigenvalue weighted by molar-refractivity contribution is 5.88. The minimum atomic E-state index is -1.10. The number of aromatic carboxylic acids is 1. The molecule has 1 aromatic carbocycles. The number of phenolic OH excluding ortho intramolecular Hbond substituents is 1. The van der Waals surface area contributed by atoms with Crippen LogP contribution >= 0.6 is 0 Å². The predicted molar refractivity (Wildman–Crippen MR) is 42.7 cm³/mol.